The van der Waals surface area contributed by atoms with Crippen LogP contribution >= 0.6 is 0 Å². The van der Waals surface area contributed by atoms with Crippen LogP contribution in [-0.2, 0) is 16.8 Å². The Labute approximate surface area is 145 Å². The molecule has 0 bridgehead atoms. The number of rotatable bonds is 6. The molecule has 0 aliphatic heterocycles. The lowest BCUT2D eigenvalue weighted by atomic mass is 9.87. The highest BCUT2D eigenvalue weighted by Gasteiger charge is 2.13. The Morgan fingerprint density at radius 2 is 1.75 bits per heavy atom. The number of benzene rings is 2. The Balaban J connectivity index is 1.73. The van der Waals surface area contributed by atoms with Gasteiger partial charge in [-0.15, -0.1) is 0 Å². The van der Waals surface area contributed by atoms with Gasteiger partial charge in [0, 0.05) is 25.2 Å². The van der Waals surface area contributed by atoms with Crippen molar-refractivity contribution in [3.8, 4) is 0 Å². The van der Waals surface area contributed by atoms with Gasteiger partial charge in [-0.3, -0.25) is 4.79 Å². The molecule has 2 rings (SSSR count). The summed E-state index contributed by atoms with van der Waals surface area (Å²) in [5.74, 6) is 0.0373. The van der Waals surface area contributed by atoms with E-state index in [1.807, 2.05) is 12.1 Å². The van der Waals surface area contributed by atoms with Crippen molar-refractivity contribution in [2.45, 2.75) is 46.1 Å². The predicted molar refractivity (Wildman–Crippen MR) is 101 cm³/mol. The normalized spacial score (nSPS) is 11.3. The van der Waals surface area contributed by atoms with Crippen LogP contribution in [0.3, 0.4) is 0 Å². The molecule has 0 radical (unpaired) electrons. The zero-order chi connectivity index (χ0) is 17.6. The van der Waals surface area contributed by atoms with E-state index in [-0.39, 0.29) is 11.3 Å². The first-order chi connectivity index (χ1) is 11.3. The van der Waals surface area contributed by atoms with Gasteiger partial charge in [0.2, 0.25) is 5.91 Å². The third-order valence-electron chi connectivity index (χ3n) is 3.98. The van der Waals surface area contributed by atoms with E-state index in [2.05, 4.69) is 74.7 Å². The summed E-state index contributed by atoms with van der Waals surface area (Å²) in [7, 11) is 0. The van der Waals surface area contributed by atoms with Crippen LogP contribution < -0.4 is 10.6 Å². The van der Waals surface area contributed by atoms with Crippen LogP contribution in [-0.4, -0.2) is 12.5 Å². The molecular formula is C21H28N2O. The molecule has 0 unspecified atom stereocenters. The van der Waals surface area contributed by atoms with Crippen LogP contribution in [0.2, 0.25) is 0 Å². The molecule has 0 aliphatic rings. The second-order valence-corrected chi connectivity index (χ2v) is 7.29. The minimum Gasteiger partial charge on any atom is -0.326 e. The van der Waals surface area contributed by atoms with Gasteiger partial charge < -0.3 is 10.6 Å². The molecule has 0 atom stereocenters. The van der Waals surface area contributed by atoms with Gasteiger partial charge in [-0.05, 0) is 35.6 Å². The lowest BCUT2D eigenvalue weighted by Crippen LogP contribution is -2.21. The maximum absolute atomic E-state index is 12.0. The summed E-state index contributed by atoms with van der Waals surface area (Å²) < 4.78 is 0. The molecule has 2 aromatic carbocycles. The van der Waals surface area contributed by atoms with E-state index in [0.717, 1.165) is 12.2 Å². The topological polar surface area (TPSA) is 41.1 Å². The Morgan fingerprint density at radius 1 is 1.04 bits per heavy atom. The SMILES string of the molecule is Cc1cccc(CNCCC(=O)Nc2ccc(C(C)(C)C)cc2)c1. The standard InChI is InChI=1S/C21H28N2O/c1-16-6-5-7-17(14-16)15-22-13-12-20(24)23-19-10-8-18(9-11-19)21(2,3)4/h5-11,14,22H,12-13,15H2,1-4H3,(H,23,24). The van der Waals surface area contributed by atoms with Gasteiger partial charge in [0.15, 0.2) is 0 Å². The Bertz CT molecular complexity index is 669. The average Bonchev–Trinajstić information content (AvgIpc) is 2.51. The molecule has 0 spiro atoms. The second kappa shape index (κ2) is 8.11. The zero-order valence-electron chi connectivity index (χ0n) is 15.1. The van der Waals surface area contributed by atoms with Crippen LogP contribution in [0.5, 0.6) is 0 Å². The third kappa shape index (κ3) is 5.82. The van der Waals surface area contributed by atoms with Crippen LogP contribution in [0.4, 0.5) is 5.69 Å². The molecule has 2 N–H and O–H groups in total. The first-order valence-corrected chi connectivity index (χ1v) is 8.51. The second-order valence-electron chi connectivity index (χ2n) is 7.29. The van der Waals surface area contributed by atoms with Gasteiger partial charge in [-0.25, -0.2) is 0 Å². The molecule has 3 nitrogen and oxygen atoms in total. The summed E-state index contributed by atoms with van der Waals surface area (Å²) >= 11 is 0. The van der Waals surface area contributed by atoms with Gasteiger partial charge in [-0.2, -0.15) is 0 Å². The molecular weight excluding hydrogens is 296 g/mol. The first kappa shape index (κ1) is 18.2. The highest BCUT2D eigenvalue weighted by Crippen LogP contribution is 2.23. The molecule has 0 saturated carbocycles. The summed E-state index contributed by atoms with van der Waals surface area (Å²) in [4.78, 5) is 12.0. The highest BCUT2D eigenvalue weighted by molar-refractivity contribution is 5.90. The van der Waals surface area contributed by atoms with Crippen molar-refractivity contribution in [3.63, 3.8) is 0 Å². The summed E-state index contributed by atoms with van der Waals surface area (Å²) in [6, 6.07) is 16.5. The number of amides is 1. The minimum absolute atomic E-state index is 0.0373. The van der Waals surface area contributed by atoms with E-state index in [4.69, 9.17) is 0 Å². The fraction of sp³-hybridized carbons (Fsp3) is 0.381. The van der Waals surface area contributed by atoms with E-state index >= 15 is 0 Å². The predicted octanol–water partition coefficient (Wildman–Crippen LogP) is 4.41. The number of anilines is 1. The summed E-state index contributed by atoms with van der Waals surface area (Å²) in [6.07, 6.45) is 0.465. The number of nitrogens with one attached hydrogen (secondary N) is 2. The Hall–Kier alpha value is -2.13. The van der Waals surface area contributed by atoms with Gasteiger partial charge in [-0.1, -0.05) is 62.7 Å². The lowest BCUT2D eigenvalue weighted by Gasteiger charge is -2.19. The average molecular weight is 324 g/mol. The number of carbonyl (C=O) groups excluding carboxylic acids is 1. The van der Waals surface area contributed by atoms with Crippen molar-refractivity contribution in [2.24, 2.45) is 0 Å². The summed E-state index contributed by atoms with van der Waals surface area (Å²) in [6.45, 7) is 10.1. The molecule has 24 heavy (non-hydrogen) atoms. The smallest absolute Gasteiger partial charge is 0.225 e. The van der Waals surface area contributed by atoms with E-state index in [9.17, 15) is 4.79 Å². The van der Waals surface area contributed by atoms with Crippen molar-refractivity contribution in [1.82, 2.24) is 5.32 Å². The largest absolute Gasteiger partial charge is 0.326 e. The quantitative estimate of drug-likeness (QED) is 0.773. The van der Waals surface area contributed by atoms with Crippen molar-refractivity contribution in [3.05, 3.63) is 65.2 Å². The molecule has 2 aromatic rings. The van der Waals surface area contributed by atoms with Crippen molar-refractivity contribution in [1.29, 1.82) is 0 Å². The highest BCUT2D eigenvalue weighted by atomic mass is 16.1. The van der Waals surface area contributed by atoms with Gasteiger partial charge in [0.05, 0.1) is 0 Å². The molecule has 0 aliphatic carbocycles. The van der Waals surface area contributed by atoms with Crippen molar-refractivity contribution >= 4 is 11.6 Å². The zero-order valence-corrected chi connectivity index (χ0v) is 15.1. The van der Waals surface area contributed by atoms with Crippen LogP contribution in [0.1, 0.15) is 43.9 Å². The summed E-state index contributed by atoms with van der Waals surface area (Å²) in [5.41, 5.74) is 4.74. The fourth-order valence-corrected chi connectivity index (χ4v) is 2.53. The summed E-state index contributed by atoms with van der Waals surface area (Å²) in [5, 5.41) is 6.26. The van der Waals surface area contributed by atoms with E-state index in [1.54, 1.807) is 0 Å². The third-order valence-corrected chi connectivity index (χ3v) is 3.98. The lowest BCUT2D eigenvalue weighted by molar-refractivity contribution is -0.116. The molecule has 0 saturated heterocycles. The number of carbonyl (C=O) groups is 1. The molecule has 1 amide bonds. The molecule has 0 fully saturated rings. The van der Waals surface area contributed by atoms with Crippen molar-refractivity contribution in [2.75, 3.05) is 11.9 Å². The molecule has 128 valence electrons. The van der Waals surface area contributed by atoms with E-state index < -0.39 is 0 Å². The van der Waals surface area contributed by atoms with E-state index in [1.165, 1.54) is 16.7 Å². The Kier molecular flexibility index (Phi) is 6.16. The maximum atomic E-state index is 12.0. The first-order valence-electron chi connectivity index (χ1n) is 8.51. The van der Waals surface area contributed by atoms with Gasteiger partial charge >= 0.3 is 0 Å². The van der Waals surface area contributed by atoms with E-state index in [0.29, 0.717) is 13.0 Å². The number of hydrogen-bond acceptors (Lipinski definition) is 2. The Morgan fingerprint density at radius 3 is 2.38 bits per heavy atom. The minimum atomic E-state index is 0.0373. The molecule has 3 heteroatoms. The maximum Gasteiger partial charge on any atom is 0.225 e. The number of hydrogen-bond donors (Lipinski definition) is 2. The monoisotopic (exact) mass is 324 g/mol. The van der Waals surface area contributed by atoms with Crippen LogP contribution in [0, 0.1) is 6.92 Å². The van der Waals surface area contributed by atoms with Crippen LogP contribution in [0.15, 0.2) is 48.5 Å². The van der Waals surface area contributed by atoms with Gasteiger partial charge in [0.25, 0.3) is 0 Å². The number of aryl methyl sites for hydroxylation is 1. The van der Waals surface area contributed by atoms with Gasteiger partial charge in [0.1, 0.15) is 0 Å². The van der Waals surface area contributed by atoms with Crippen molar-refractivity contribution < 1.29 is 4.79 Å². The molecule has 0 aromatic heterocycles. The molecule has 0 heterocycles. The fourth-order valence-electron chi connectivity index (χ4n) is 2.53. The van der Waals surface area contributed by atoms with Crippen LogP contribution in [0.25, 0.3) is 0 Å².